The van der Waals surface area contributed by atoms with Crippen molar-refractivity contribution in [2.24, 2.45) is 17.8 Å². The van der Waals surface area contributed by atoms with Gasteiger partial charge in [-0.25, -0.2) is 0 Å². The zero-order valence-electron chi connectivity index (χ0n) is 13.6. The SMILES string of the molecule is C=CN(C[C@@H]1CC1CC/C=C\CCCCC)C(=O)C1CC1. The average Bonchev–Trinajstić information content (AvgIpc) is 3.38. The summed E-state index contributed by atoms with van der Waals surface area (Å²) in [5.74, 6) is 2.18. The van der Waals surface area contributed by atoms with E-state index in [2.05, 4.69) is 25.7 Å². The number of carbonyl (C=O) groups is 1. The van der Waals surface area contributed by atoms with Crippen molar-refractivity contribution in [3.8, 4) is 0 Å². The van der Waals surface area contributed by atoms with Gasteiger partial charge < -0.3 is 4.90 Å². The van der Waals surface area contributed by atoms with Crippen molar-refractivity contribution in [3.63, 3.8) is 0 Å². The van der Waals surface area contributed by atoms with Crippen LogP contribution < -0.4 is 0 Å². The molecule has 21 heavy (non-hydrogen) atoms. The summed E-state index contributed by atoms with van der Waals surface area (Å²) in [6.45, 7) is 6.96. The van der Waals surface area contributed by atoms with E-state index in [4.69, 9.17) is 0 Å². The fraction of sp³-hybridized carbons (Fsp3) is 0.737. The molecular weight excluding hydrogens is 258 g/mol. The molecule has 0 aliphatic heterocycles. The second kappa shape index (κ2) is 8.41. The number of hydrogen-bond acceptors (Lipinski definition) is 1. The van der Waals surface area contributed by atoms with Gasteiger partial charge in [-0.15, -0.1) is 0 Å². The molecule has 0 aromatic rings. The first-order chi connectivity index (χ1) is 10.3. The molecule has 2 aliphatic rings. The Morgan fingerprint density at radius 2 is 1.95 bits per heavy atom. The molecule has 0 radical (unpaired) electrons. The Hall–Kier alpha value is -1.05. The maximum atomic E-state index is 12.0. The Morgan fingerprint density at radius 1 is 1.19 bits per heavy atom. The lowest BCUT2D eigenvalue weighted by atomic mass is 10.1. The van der Waals surface area contributed by atoms with Crippen LogP contribution in [-0.2, 0) is 4.79 Å². The van der Waals surface area contributed by atoms with E-state index in [-0.39, 0.29) is 0 Å². The van der Waals surface area contributed by atoms with E-state index in [0.717, 1.165) is 31.2 Å². The van der Waals surface area contributed by atoms with Crippen LogP contribution in [0.5, 0.6) is 0 Å². The summed E-state index contributed by atoms with van der Waals surface area (Å²) in [7, 11) is 0. The zero-order valence-corrected chi connectivity index (χ0v) is 13.6. The normalized spacial score (nSPS) is 24.2. The predicted octanol–water partition coefficient (Wildman–Crippen LogP) is 4.92. The maximum absolute atomic E-state index is 12.0. The predicted molar refractivity (Wildman–Crippen MR) is 88.7 cm³/mol. The van der Waals surface area contributed by atoms with E-state index in [1.165, 1.54) is 44.9 Å². The molecule has 2 atom stereocenters. The first kappa shape index (κ1) is 16.3. The number of hydrogen-bond donors (Lipinski definition) is 0. The van der Waals surface area contributed by atoms with Gasteiger partial charge in [0.1, 0.15) is 0 Å². The van der Waals surface area contributed by atoms with Crippen LogP contribution in [0.3, 0.4) is 0 Å². The number of allylic oxidation sites excluding steroid dienone is 2. The summed E-state index contributed by atoms with van der Waals surface area (Å²) in [6, 6.07) is 0. The summed E-state index contributed by atoms with van der Waals surface area (Å²) in [5.41, 5.74) is 0. The van der Waals surface area contributed by atoms with Gasteiger partial charge in [0, 0.05) is 12.5 Å². The van der Waals surface area contributed by atoms with Gasteiger partial charge in [-0.3, -0.25) is 4.79 Å². The molecule has 2 aliphatic carbocycles. The molecule has 2 nitrogen and oxygen atoms in total. The van der Waals surface area contributed by atoms with Crippen molar-refractivity contribution in [1.82, 2.24) is 4.90 Å². The molecular formula is C19H31NO. The summed E-state index contributed by atoms with van der Waals surface area (Å²) in [5, 5.41) is 0. The van der Waals surface area contributed by atoms with E-state index in [0.29, 0.717) is 11.8 Å². The highest BCUT2D eigenvalue weighted by molar-refractivity contribution is 5.81. The summed E-state index contributed by atoms with van der Waals surface area (Å²) in [4.78, 5) is 13.9. The first-order valence-corrected chi connectivity index (χ1v) is 8.84. The Labute approximate surface area is 130 Å². The lowest BCUT2D eigenvalue weighted by Crippen LogP contribution is -2.29. The molecule has 2 heteroatoms. The molecule has 1 unspecified atom stereocenters. The maximum Gasteiger partial charge on any atom is 0.229 e. The van der Waals surface area contributed by atoms with E-state index in [1.807, 2.05) is 4.90 Å². The highest BCUT2D eigenvalue weighted by Crippen LogP contribution is 2.43. The molecule has 1 amide bonds. The highest BCUT2D eigenvalue weighted by atomic mass is 16.2. The van der Waals surface area contributed by atoms with Crippen molar-refractivity contribution in [1.29, 1.82) is 0 Å². The van der Waals surface area contributed by atoms with Gasteiger partial charge in [-0.1, -0.05) is 38.5 Å². The fourth-order valence-corrected chi connectivity index (χ4v) is 3.02. The quantitative estimate of drug-likeness (QED) is 0.390. The van der Waals surface area contributed by atoms with Crippen molar-refractivity contribution < 1.29 is 4.79 Å². The Morgan fingerprint density at radius 3 is 2.62 bits per heavy atom. The largest absolute Gasteiger partial charge is 0.319 e. The highest BCUT2D eigenvalue weighted by Gasteiger charge is 2.40. The molecule has 2 saturated carbocycles. The van der Waals surface area contributed by atoms with Crippen molar-refractivity contribution in [3.05, 3.63) is 24.9 Å². The van der Waals surface area contributed by atoms with E-state index < -0.39 is 0 Å². The molecule has 0 N–H and O–H groups in total. The minimum absolute atomic E-state index is 0.311. The number of carbonyl (C=O) groups excluding carboxylic acids is 1. The molecule has 0 saturated heterocycles. The number of amides is 1. The van der Waals surface area contributed by atoms with Gasteiger partial charge in [-0.2, -0.15) is 0 Å². The van der Waals surface area contributed by atoms with Gasteiger partial charge in [0.25, 0.3) is 0 Å². The van der Waals surface area contributed by atoms with Gasteiger partial charge >= 0.3 is 0 Å². The molecule has 0 spiro atoms. The topological polar surface area (TPSA) is 20.3 Å². The van der Waals surface area contributed by atoms with Crippen LogP contribution in [-0.4, -0.2) is 17.4 Å². The third kappa shape index (κ3) is 5.68. The molecule has 0 aromatic heterocycles. The van der Waals surface area contributed by atoms with E-state index in [9.17, 15) is 4.79 Å². The van der Waals surface area contributed by atoms with Gasteiger partial charge in [0.15, 0.2) is 0 Å². The molecule has 2 rings (SSSR count). The molecule has 0 heterocycles. The Balaban J connectivity index is 1.55. The van der Waals surface area contributed by atoms with Crippen LogP contribution >= 0.6 is 0 Å². The minimum atomic E-state index is 0.311. The molecule has 0 aromatic carbocycles. The smallest absolute Gasteiger partial charge is 0.229 e. The Bertz CT molecular complexity index is 370. The van der Waals surface area contributed by atoms with Crippen LogP contribution in [0.15, 0.2) is 24.9 Å². The van der Waals surface area contributed by atoms with Gasteiger partial charge in [0.05, 0.1) is 0 Å². The van der Waals surface area contributed by atoms with Crippen molar-refractivity contribution in [2.75, 3.05) is 6.54 Å². The van der Waals surface area contributed by atoms with Crippen LogP contribution in [0, 0.1) is 17.8 Å². The third-order valence-electron chi connectivity index (χ3n) is 4.78. The first-order valence-electron chi connectivity index (χ1n) is 8.84. The second-order valence-corrected chi connectivity index (χ2v) is 6.75. The molecule has 2 fully saturated rings. The Kier molecular flexibility index (Phi) is 6.53. The van der Waals surface area contributed by atoms with Crippen LogP contribution in [0.1, 0.15) is 64.7 Å². The lowest BCUT2D eigenvalue weighted by Gasteiger charge is -2.17. The van der Waals surface area contributed by atoms with E-state index >= 15 is 0 Å². The van der Waals surface area contributed by atoms with E-state index in [1.54, 1.807) is 6.20 Å². The van der Waals surface area contributed by atoms with Crippen LogP contribution in [0.2, 0.25) is 0 Å². The van der Waals surface area contributed by atoms with Crippen molar-refractivity contribution in [2.45, 2.75) is 64.7 Å². The minimum Gasteiger partial charge on any atom is -0.319 e. The second-order valence-electron chi connectivity index (χ2n) is 6.75. The van der Waals surface area contributed by atoms with Crippen LogP contribution in [0.4, 0.5) is 0 Å². The van der Waals surface area contributed by atoms with Gasteiger partial charge in [-0.05, 0) is 63.0 Å². The zero-order chi connectivity index (χ0) is 15.1. The van der Waals surface area contributed by atoms with Crippen molar-refractivity contribution >= 4 is 5.91 Å². The third-order valence-corrected chi connectivity index (χ3v) is 4.78. The molecule has 0 bridgehead atoms. The number of unbranched alkanes of at least 4 members (excludes halogenated alkanes) is 3. The van der Waals surface area contributed by atoms with Gasteiger partial charge in [0.2, 0.25) is 5.91 Å². The summed E-state index contributed by atoms with van der Waals surface area (Å²) >= 11 is 0. The average molecular weight is 289 g/mol. The fourth-order valence-electron chi connectivity index (χ4n) is 3.02. The standard InChI is InChI=1S/C19H31NO/c1-3-5-6-7-8-9-10-11-17-14-18(17)15-20(4-2)19(21)16-12-13-16/h4,8-9,16-18H,2-3,5-7,10-15H2,1H3/b9-8-/t17?,18-/m0/s1. The summed E-state index contributed by atoms with van der Waals surface area (Å²) in [6.07, 6.45) is 17.6. The number of nitrogens with zero attached hydrogens (tertiary/aromatic N) is 1. The number of rotatable bonds is 11. The van der Waals surface area contributed by atoms with Crippen LogP contribution in [0.25, 0.3) is 0 Å². The monoisotopic (exact) mass is 289 g/mol. The lowest BCUT2D eigenvalue weighted by molar-refractivity contribution is -0.130. The summed E-state index contributed by atoms with van der Waals surface area (Å²) < 4.78 is 0. The molecule has 118 valence electrons.